The third-order valence-electron chi connectivity index (χ3n) is 4.17. The molecule has 1 heterocycles. The third-order valence-corrected chi connectivity index (χ3v) is 5.17. The summed E-state index contributed by atoms with van der Waals surface area (Å²) in [6, 6.07) is 14.5. The van der Waals surface area contributed by atoms with Crippen molar-refractivity contribution >= 4 is 44.5 Å². The maximum atomic E-state index is 12.4. The maximum absolute atomic E-state index is 12.4. The number of fused-ring (bicyclic) bond motifs is 1. The number of rotatable bonds is 5. The summed E-state index contributed by atoms with van der Waals surface area (Å²) in [5, 5.41) is 6.51. The molecule has 6 nitrogen and oxygen atoms in total. The Morgan fingerprint density at radius 1 is 1.12 bits per heavy atom. The van der Waals surface area contributed by atoms with Gasteiger partial charge in [0.1, 0.15) is 6.54 Å². The minimum absolute atomic E-state index is 0.0688. The molecular weight excluding hydrogens is 396 g/mol. The lowest BCUT2D eigenvalue weighted by Gasteiger charge is -2.10. The number of para-hydroxylation sites is 1. The van der Waals surface area contributed by atoms with Gasteiger partial charge in [0.25, 0.3) is 0 Å². The summed E-state index contributed by atoms with van der Waals surface area (Å²) in [4.78, 5) is 23.2. The third kappa shape index (κ3) is 3.88. The van der Waals surface area contributed by atoms with Crippen molar-refractivity contribution in [3.05, 3.63) is 64.3 Å². The number of nitrogens with two attached hydrogens (primary N) is 1. The van der Waals surface area contributed by atoms with Crippen molar-refractivity contribution in [2.45, 2.75) is 20.0 Å². The van der Waals surface area contributed by atoms with Gasteiger partial charge >= 0.3 is 6.03 Å². The molecule has 0 aliphatic heterocycles. The van der Waals surface area contributed by atoms with E-state index in [1.165, 1.54) is 0 Å². The van der Waals surface area contributed by atoms with E-state index in [9.17, 15) is 9.59 Å². The minimum Gasteiger partial charge on any atom is -0.351 e. The Labute approximate surface area is 159 Å². The number of nitrogens with one attached hydrogen (secondary N) is 2. The van der Waals surface area contributed by atoms with E-state index in [0.29, 0.717) is 12.2 Å². The second kappa shape index (κ2) is 7.61. The van der Waals surface area contributed by atoms with Crippen molar-refractivity contribution in [2.24, 2.45) is 5.73 Å². The highest BCUT2D eigenvalue weighted by Crippen LogP contribution is 2.30. The SMILES string of the molecule is Cc1c(Br)c2ccccc2n1CC(=O)NCc1ccc(NC(N)=O)cc1. The van der Waals surface area contributed by atoms with Crippen molar-refractivity contribution in [3.8, 4) is 0 Å². The highest BCUT2D eigenvalue weighted by molar-refractivity contribution is 9.10. The molecule has 0 saturated heterocycles. The normalized spacial score (nSPS) is 10.7. The molecule has 1 aromatic heterocycles. The number of anilines is 1. The molecule has 7 heteroatoms. The quantitative estimate of drug-likeness (QED) is 0.595. The van der Waals surface area contributed by atoms with Gasteiger partial charge in [-0.05, 0) is 46.6 Å². The van der Waals surface area contributed by atoms with Crippen LogP contribution in [-0.2, 0) is 17.9 Å². The monoisotopic (exact) mass is 414 g/mol. The van der Waals surface area contributed by atoms with Gasteiger partial charge in [0, 0.05) is 33.3 Å². The van der Waals surface area contributed by atoms with E-state index in [-0.39, 0.29) is 12.5 Å². The fourth-order valence-electron chi connectivity index (χ4n) is 2.84. The predicted octanol–water partition coefficient (Wildman–Crippen LogP) is 3.52. The van der Waals surface area contributed by atoms with Crippen LogP contribution in [0.5, 0.6) is 0 Å². The molecule has 0 atom stereocenters. The summed E-state index contributed by atoms with van der Waals surface area (Å²) in [6.45, 7) is 2.65. The minimum atomic E-state index is -0.605. The molecule has 3 amide bonds. The Balaban J connectivity index is 1.65. The van der Waals surface area contributed by atoms with Gasteiger partial charge < -0.3 is 20.9 Å². The standard InChI is InChI=1S/C19H19BrN4O2/c1-12-18(20)15-4-2-3-5-16(15)24(12)11-17(25)22-10-13-6-8-14(9-7-13)23-19(21)26/h2-9H,10-11H2,1H3,(H,22,25)(H3,21,23,26). The van der Waals surface area contributed by atoms with Crippen molar-refractivity contribution in [3.63, 3.8) is 0 Å². The molecule has 3 rings (SSSR count). The second-order valence-electron chi connectivity index (χ2n) is 5.97. The first kappa shape index (κ1) is 18.0. The second-order valence-corrected chi connectivity index (χ2v) is 6.76. The van der Waals surface area contributed by atoms with Gasteiger partial charge in [0.15, 0.2) is 0 Å². The van der Waals surface area contributed by atoms with E-state index in [0.717, 1.165) is 26.6 Å². The first-order chi connectivity index (χ1) is 12.5. The number of halogens is 1. The number of hydrogen-bond acceptors (Lipinski definition) is 2. The molecule has 2 aromatic carbocycles. The lowest BCUT2D eigenvalue weighted by atomic mass is 10.2. The van der Waals surface area contributed by atoms with Crippen LogP contribution < -0.4 is 16.4 Å². The number of benzene rings is 2. The molecule has 0 unspecified atom stereocenters. The van der Waals surface area contributed by atoms with E-state index < -0.39 is 6.03 Å². The molecule has 134 valence electrons. The van der Waals surface area contributed by atoms with Gasteiger partial charge in [-0.2, -0.15) is 0 Å². The highest BCUT2D eigenvalue weighted by Gasteiger charge is 2.13. The highest BCUT2D eigenvalue weighted by atomic mass is 79.9. The summed E-state index contributed by atoms with van der Waals surface area (Å²) >= 11 is 3.60. The van der Waals surface area contributed by atoms with E-state index in [1.807, 2.05) is 47.9 Å². The van der Waals surface area contributed by atoms with Crippen molar-refractivity contribution in [2.75, 3.05) is 5.32 Å². The summed E-state index contributed by atoms with van der Waals surface area (Å²) in [5.41, 5.74) is 8.67. The van der Waals surface area contributed by atoms with E-state index >= 15 is 0 Å². The molecule has 0 bridgehead atoms. The van der Waals surface area contributed by atoms with Gasteiger partial charge in [0.2, 0.25) is 5.91 Å². The number of carbonyl (C=O) groups excluding carboxylic acids is 2. The Hall–Kier alpha value is -2.80. The smallest absolute Gasteiger partial charge is 0.316 e. The first-order valence-corrected chi connectivity index (χ1v) is 8.90. The van der Waals surface area contributed by atoms with Crippen LogP contribution in [0.4, 0.5) is 10.5 Å². The van der Waals surface area contributed by atoms with Crippen molar-refractivity contribution in [1.82, 2.24) is 9.88 Å². The number of aromatic nitrogens is 1. The zero-order chi connectivity index (χ0) is 18.7. The zero-order valence-corrected chi connectivity index (χ0v) is 15.8. The van der Waals surface area contributed by atoms with Crippen LogP contribution in [-0.4, -0.2) is 16.5 Å². The van der Waals surface area contributed by atoms with Crippen LogP contribution in [0.1, 0.15) is 11.3 Å². The lowest BCUT2D eigenvalue weighted by molar-refractivity contribution is -0.121. The van der Waals surface area contributed by atoms with Gasteiger partial charge in [-0.3, -0.25) is 4.79 Å². The summed E-state index contributed by atoms with van der Waals surface area (Å²) in [6.07, 6.45) is 0. The van der Waals surface area contributed by atoms with Gasteiger partial charge in [0.05, 0.1) is 0 Å². The molecule has 0 spiro atoms. The number of hydrogen-bond donors (Lipinski definition) is 3. The van der Waals surface area contributed by atoms with Crippen LogP contribution in [0.2, 0.25) is 0 Å². The maximum Gasteiger partial charge on any atom is 0.316 e. The Bertz CT molecular complexity index is 964. The van der Waals surface area contributed by atoms with Crippen LogP contribution >= 0.6 is 15.9 Å². The van der Waals surface area contributed by atoms with Crippen molar-refractivity contribution < 1.29 is 9.59 Å². The van der Waals surface area contributed by atoms with E-state index in [2.05, 4.69) is 26.6 Å². The number of carbonyl (C=O) groups is 2. The fourth-order valence-corrected chi connectivity index (χ4v) is 3.39. The van der Waals surface area contributed by atoms with Crippen molar-refractivity contribution in [1.29, 1.82) is 0 Å². The van der Waals surface area contributed by atoms with Gasteiger partial charge in [-0.1, -0.05) is 30.3 Å². The molecule has 0 saturated carbocycles. The topological polar surface area (TPSA) is 89.2 Å². The van der Waals surface area contributed by atoms with Crippen LogP contribution in [0, 0.1) is 6.92 Å². The molecular formula is C19H19BrN4O2. The van der Waals surface area contributed by atoms with Gasteiger partial charge in [-0.25, -0.2) is 4.79 Å². The summed E-state index contributed by atoms with van der Waals surface area (Å²) in [7, 11) is 0. The van der Waals surface area contributed by atoms with E-state index in [1.54, 1.807) is 12.1 Å². The average molecular weight is 415 g/mol. The zero-order valence-electron chi connectivity index (χ0n) is 14.3. The molecule has 0 radical (unpaired) electrons. The number of amides is 3. The molecule has 4 N–H and O–H groups in total. The molecule has 26 heavy (non-hydrogen) atoms. The average Bonchev–Trinajstić information content (AvgIpc) is 2.86. The Morgan fingerprint density at radius 3 is 2.50 bits per heavy atom. The number of urea groups is 1. The predicted molar refractivity (Wildman–Crippen MR) is 106 cm³/mol. The summed E-state index contributed by atoms with van der Waals surface area (Å²) in [5.74, 6) is -0.0688. The fraction of sp³-hybridized carbons (Fsp3) is 0.158. The molecule has 0 fully saturated rings. The van der Waals surface area contributed by atoms with E-state index in [4.69, 9.17) is 5.73 Å². The van der Waals surface area contributed by atoms with Crippen LogP contribution in [0.15, 0.2) is 53.0 Å². The number of primary amides is 1. The Kier molecular flexibility index (Phi) is 5.27. The lowest BCUT2D eigenvalue weighted by Crippen LogP contribution is -2.27. The summed E-state index contributed by atoms with van der Waals surface area (Å²) < 4.78 is 3.01. The Morgan fingerprint density at radius 2 is 1.81 bits per heavy atom. The largest absolute Gasteiger partial charge is 0.351 e. The van der Waals surface area contributed by atoms with Crippen LogP contribution in [0.3, 0.4) is 0 Å². The first-order valence-electron chi connectivity index (χ1n) is 8.11. The molecule has 0 aliphatic carbocycles. The van der Waals surface area contributed by atoms with Crippen LogP contribution in [0.25, 0.3) is 10.9 Å². The number of nitrogens with zero attached hydrogens (tertiary/aromatic N) is 1. The molecule has 3 aromatic rings. The van der Waals surface area contributed by atoms with Gasteiger partial charge in [-0.15, -0.1) is 0 Å². The molecule has 0 aliphatic rings.